The van der Waals surface area contributed by atoms with Gasteiger partial charge in [0.15, 0.2) is 6.10 Å². The normalized spacial score (nSPS) is 21.7. The van der Waals surface area contributed by atoms with E-state index in [1.165, 1.54) is 70.2 Å². The summed E-state index contributed by atoms with van der Waals surface area (Å²) in [4.78, 5) is 41.7. The van der Waals surface area contributed by atoms with Gasteiger partial charge < -0.3 is 24.0 Å². The molecule has 0 radical (unpaired) electrons. The summed E-state index contributed by atoms with van der Waals surface area (Å²) in [5.74, 6) is 1.98. The van der Waals surface area contributed by atoms with Crippen molar-refractivity contribution in [3.8, 4) is 0 Å². The molecule has 3 saturated heterocycles. The van der Waals surface area contributed by atoms with E-state index in [1.54, 1.807) is 0 Å². The number of ether oxygens (including phenoxy) is 3. The highest BCUT2D eigenvalue weighted by atomic mass is 33.1. The van der Waals surface area contributed by atoms with Crippen LogP contribution in [0.2, 0.25) is 0 Å². The van der Waals surface area contributed by atoms with E-state index >= 15 is 0 Å². The lowest BCUT2D eigenvalue weighted by Crippen LogP contribution is -2.36. The number of carbonyl (C=O) groups is 3. The fraction of sp³-hybridized carbons (Fsp3) is 0.906. The number of rotatable bonds is 19. The van der Waals surface area contributed by atoms with Gasteiger partial charge in [0.25, 0.3) is 0 Å². The topological polar surface area (TPSA) is 85.4 Å². The fourth-order valence-electron chi connectivity index (χ4n) is 6.08. The molecule has 8 nitrogen and oxygen atoms in total. The van der Waals surface area contributed by atoms with Crippen LogP contribution < -0.4 is 0 Å². The predicted molar refractivity (Wildman–Crippen MR) is 171 cm³/mol. The summed E-state index contributed by atoms with van der Waals surface area (Å²) in [7, 11) is 6.11. The largest absolute Gasteiger partial charge is 0.462 e. The first-order valence-electron chi connectivity index (χ1n) is 16.6. The molecule has 10 heteroatoms. The summed E-state index contributed by atoms with van der Waals surface area (Å²) in [5.41, 5.74) is 0. The van der Waals surface area contributed by atoms with Gasteiger partial charge in [-0.15, -0.1) is 0 Å². The zero-order chi connectivity index (χ0) is 30.0. The average Bonchev–Trinajstić information content (AvgIpc) is 3.51. The Bertz CT molecular complexity index is 781. The van der Waals surface area contributed by atoms with Crippen LogP contribution in [0.5, 0.6) is 0 Å². The minimum absolute atomic E-state index is 0.0841. The SMILES string of the molecule is CCCC(=O)OCC(COC(=O)CCN1CCC(CCCC2CCN(C)CC2)CC1)OC(=O)CCCCC1CCSS1. The maximum atomic E-state index is 12.5. The molecule has 2 unspecified atom stereocenters. The molecule has 3 fully saturated rings. The van der Waals surface area contributed by atoms with Gasteiger partial charge in [0.2, 0.25) is 0 Å². The highest BCUT2D eigenvalue weighted by molar-refractivity contribution is 8.77. The highest BCUT2D eigenvalue weighted by Crippen LogP contribution is 2.40. The summed E-state index contributed by atoms with van der Waals surface area (Å²) in [5, 5.41) is 0.696. The lowest BCUT2D eigenvalue weighted by atomic mass is 9.87. The monoisotopic (exact) mass is 628 g/mol. The van der Waals surface area contributed by atoms with E-state index in [0.717, 1.165) is 44.2 Å². The van der Waals surface area contributed by atoms with E-state index in [-0.39, 0.29) is 31.1 Å². The van der Waals surface area contributed by atoms with Crippen molar-refractivity contribution in [1.29, 1.82) is 0 Å². The third kappa shape index (κ3) is 15.2. The maximum Gasteiger partial charge on any atom is 0.307 e. The molecule has 2 atom stereocenters. The van der Waals surface area contributed by atoms with E-state index < -0.39 is 6.10 Å². The van der Waals surface area contributed by atoms with Crippen molar-refractivity contribution in [2.75, 3.05) is 58.7 Å². The van der Waals surface area contributed by atoms with E-state index in [4.69, 9.17) is 14.2 Å². The van der Waals surface area contributed by atoms with Crippen molar-refractivity contribution in [2.45, 2.75) is 115 Å². The van der Waals surface area contributed by atoms with E-state index in [2.05, 4.69) is 16.8 Å². The van der Waals surface area contributed by atoms with Crippen molar-refractivity contribution in [1.82, 2.24) is 9.80 Å². The number of esters is 3. The van der Waals surface area contributed by atoms with Gasteiger partial charge in [0, 0.05) is 30.4 Å². The highest BCUT2D eigenvalue weighted by Gasteiger charge is 2.23. The first-order chi connectivity index (χ1) is 20.4. The Morgan fingerprint density at radius 3 is 2.02 bits per heavy atom. The van der Waals surface area contributed by atoms with E-state index in [0.29, 0.717) is 37.5 Å². The summed E-state index contributed by atoms with van der Waals surface area (Å²) in [6.07, 6.45) is 14.2. The van der Waals surface area contributed by atoms with E-state index in [1.807, 2.05) is 28.5 Å². The first-order valence-corrected chi connectivity index (χ1v) is 19.0. The molecule has 3 heterocycles. The minimum atomic E-state index is -0.769. The van der Waals surface area contributed by atoms with Crippen LogP contribution in [0.3, 0.4) is 0 Å². The summed E-state index contributed by atoms with van der Waals surface area (Å²) >= 11 is 0. The molecule has 0 saturated carbocycles. The Hall–Kier alpha value is -0.970. The van der Waals surface area contributed by atoms with Gasteiger partial charge in [-0.3, -0.25) is 14.4 Å². The van der Waals surface area contributed by atoms with Crippen LogP contribution in [-0.4, -0.2) is 97.8 Å². The van der Waals surface area contributed by atoms with Crippen molar-refractivity contribution < 1.29 is 28.6 Å². The Balaban J connectivity index is 1.27. The number of hydrogen-bond acceptors (Lipinski definition) is 10. The molecule has 0 aromatic carbocycles. The molecule has 0 spiro atoms. The molecule has 42 heavy (non-hydrogen) atoms. The van der Waals surface area contributed by atoms with Gasteiger partial charge in [-0.05, 0) is 96.4 Å². The molecule has 0 aliphatic carbocycles. The molecule has 3 aliphatic rings. The van der Waals surface area contributed by atoms with Crippen LogP contribution in [0.25, 0.3) is 0 Å². The van der Waals surface area contributed by atoms with E-state index in [9.17, 15) is 14.4 Å². The molecule has 0 aromatic heterocycles. The Kier molecular flexibility index (Phi) is 17.7. The second kappa shape index (κ2) is 20.9. The summed E-state index contributed by atoms with van der Waals surface area (Å²) in [6.45, 7) is 7.01. The van der Waals surface area contributed by atoms with Crippen LogP contribution in [0.4, 0.5) is 0 Å². The van der Waals surface area contributed by atoms with Crippen molar-refractivity contribution in [3.63, 3.8) is 0 Å². The zero-order valence-electron chi connectivity index (χ0n) is 26.2. The first kappa shape index (κ1) is 35.5. The Morgan fingerprint density at radius 1 is 0.762 bits per heavy atom. The molecular formula is C32H56N2O6S2. The number of piperidine rings is 2. The average molecular weight is 629 g/mol. The molecule has 3 aliphatic heterocycles. The molecule has 0 aromatic rings. The predicted octanol–water partition coefficient (Wildman–Crippen LogP) is 6.11. The third-order valence-corrected chi connectivity index (χ3v) is 11.9. The van der Waals surface area contributed by atoms with Gasteiger partial charge >= 0.3 is 17.9 Å². The van der Waals surface area contributed by atoms with Gasteiger partial charge in [0.1, 0.15) is 13.2 Å². The number of likely N-dealkylation sites (tertiary alicyclic amines) is 2. The number of unbranched alkanes of at least 4 members (excludes halogenated alkanes) is 1. The Labute approximate surface area is 262 Å². The lowest BCUT2D eigenvalue weighted by Gasteiger charge is -2.32. The van der Waals surface area contributed by atoms with Crippen LogP contribution in [0, 0.1) is 11.8 Å². The summed E-state index contributed by atoms with van der Waals surface area (Å²) < 4.78 is 16.3. The molecule has 3 rings (SSSR count). The molecule has 0 N–H and O–H groups in total. The number of carbonyl (C=O) groups excluding carboxylic acids is 3. The van der Waals surface area contributed by atoms with Crippen LogP contribution in [-0.2, 0) is 28.6 Å². The minimum Gasteiger partial charge on any atom is -0.462 e. The van der Waals surface area contributed by atoms with Gasteiger partial charge in [-0.1, -0.05) is 54.2 Å². The molecular weight excluding hydrogens is 572 g/mol. The standard InChI is InChI=1S/C32H56N2O6S2/c1-3-7-30(35)38-24-28(40-32(37)11-5-4-10-29-17-23-41-42-29)25-39-31(36)16-22-34-20-14-27(15-21-34)9-6-8-26-12-18-33(2)19-13-26/h26-29H,3-25H2,1-2H3. The smallest absolute Gasteiger partial charge is 0.307 e. The second-order valence-electron chi connectivity index (χ2n) is 12.5. The lowest BCUT2D eigenvalue weighted by molar-refractivity contribution is -0.167. The Morgan fingerprint density at radius 2 is 1.40 bits per heavy atom. The fourth-order valence-corrected chi connectivity index (χ4v) is 9.11. The van der Waals surface area contributed by atoms with Crippen molar-refractivity contribution in [3.05, 3.63) is 0 Å². The summed E-state index contributed by atoms with van der Waals surface area (Å²) in [6, 6.07) is 0. The molecule has 242 valence electrons. The molecule has 0 bridgehead atoms. The second-order valence-corrected chi connectivity index (χ2v) is 15.3. The number of nitrogens with zero attached hydrogens (tertiary/aromatic N) is 2. The van der Waals surface area contributed by atoms with Gasteiger partial charge in [-0.2, -0.15) is 0 Å². The van der Waals surface area contributed by atoms with Crippen LogP contribution in [0.15, 0.2) is 0 Å². The quantitative estimate of drug-likeness (QED) is 0.0723. The zero-order valence-corrected chi connectivity index (χ0v) is 27.9. The van der Waals surface area contributed by atoms with Crippen molar-refractivity contribution >= 4 is 39.5 Å². The van der Waals surface area contributed by atoms with Gasteiger partial charge in [0.05, 0.1) is 6.42 Å². The molecule has 0 amide bonds. The maximum absolute atomic E-state index is 12.5. The number of hydrogen-bond donors (Lipinski definition) is 0. The third-order valence-electron chi connectivity index (χ3n) is 8.90. The van der Waals surface area contributed by atoms with Crippen LogP contribution >= 0.6 is 21.6 Å². The van der Waals surface area contributed by atoms with Crippen molar-refractivity contribution in [2.24, 2.45) is 11.8 Å². The van der Waals surface area contributed by atoms with Crippen LogP contribution in [0.1, 0.15) is 103 Å². The van der Waals surface area contributed by atoms with Gasteiger partial charge in [-0.25, -0.2) is 0 Å².